The molecule has 1 heterocycles. The summed E-state index contributed by atoms with van der Waals surface area (Å²) in [6.45, 7) is 2.85. The van der Waals surface area contributed by atoms with Gasteiger partial charge in [-0.3, -0.25) is 9.59 Å². The summed E-state index contributed by atoms with van der Waals surface area (Å²) in [4.78, 5) is 23.8. The van der Waals surface area contributed by atoms with Crippen molar-refractivity contribution in [1.29, 1.82) is 0 Å². The Morgan fingerprint density at radius 1 is 1.38 bits per heavy atom. The highest BCUT2D eigenvalue weighted by Crippen LogP contribution is 2.30. The molecular formula is C15H18BrNO4. The molecule has 0 atom stereocenters. The van der Waals surface area contributed by atoms with Crippen molar-refractivity contribution >= 4 is 27.8 Å². The van der Waals surface area contributed by atoms with Crippen LogP contribution in [0.4, 0.5) is 0 Å². The van der Waals surface area contributed by atoms with Gasteiger partial charge in [-0.25, -0.2) is 0 Å². The molecule has 0 bridgehead atoms. The third-order valence-corrected chi connectivity index (χ3v) is 4.55. The van der Waals surface area contributed by atoms with Crippen LogP contribution in [0.2, 0.25) is 0 Å². The maximum absolute atomic E-state index is 12.3. The van der Waals surface area contributed by atoms with Gasteiger partial charge < -0.3 is 15.2 Å². The van der Waals surface area contributed by atoms with E-state index >= 15 is 0 Å². The van der Waals surface area contributed by atoms with Crippen molar-refractivity contribution in [1.82, 2.24) is 5.32 Å². The molecule has 6 heteroatoms. The van der Waals surface area contributed by atoms with Crippen LogP contribution in [0.3, 0.4) is 0 Å². The molecule has 0 saturated carbocycles. The van der Waals surface area contributed by atoms with E-state index in [9.17, 15) is 14.7 Å². The number of halogens is 1. The minimum atomic E-state index is -0.926. The molecule has 1 aliphatic heterocycles. The molecule has 0 unspecified atom stereocenters. The topological polar surface area (TPSA) is 75.6 Å². The predicted molar refractivity (Wildman–Crippen MR) is 81.3 cm³/mol. The fraction of sp³-hybridized carbons (Fsp3) is 0.467. The Kier molecular flexibility index (Phi) is 5.00. The van der Waals surface area contributed by atoms with Gasteiger partial charge >= 0.3 is 5.97 Å². The van der Waals surface area contributed by atoms with Gasteiger partial charge in [0.05, 0.1) is 11.0 Å². The van der Waals surface area contributed by atoms with E-state index in [4.69, 9.17) is 4.74 Å². The van der Waals surface area contributed by atoms with Crippen molar-refractivity contribution in [2.75, 3.05) is 19.8 Å². The molecule has 1 amide bonds. The fourth-order valence-corrected chi connectivity index (χ4v) is 2.81. The minimum Gasteiger partial charge on any atom is -0.481 e. The van der Waals surface area contributed by atoms with Gasteiger partial charge in [-0.1, -0.05) is 11.6 Å². The minimum absolute atomic E-state index is 0.116. The molecule has 21 heavy (non-hydrogen) atoms. The largest absolute Gasteiger partial charge is 0.481 e. The van der Waals surface area contributed by atoms with Gasteiger partial charge in [0.2, 0.25) is 0 Å². The molecule has 2 N–H and O–H groups in total. The first-order valence-electron chi connectivity index (χ1n) is 6.80. The van der Waals surface area contributed by atoms with Gasteiger partial charge in [0, 0.05) is 24.2 Å². The standard InChI is InChI=1S/C15H18BrNO4/c1-10-2-3-12(16)11(8-10)13(18)17-9-15(14(19)20)4-6-21-7-5-15/h2-3,8H,4-7,9H2,1H3,(H,17,18)(H,19,20). The van der Waals surface area contributed by atoms with E-state index in [1.807, 2.05) is 19.1 Å². The molecule has 1 aromatic rings. The number of nitrogens with one attached hydrogen (secondary N) is 1. The van der Waals surface area contributed by atoms with Crippen LogP contribution in [-0.4, -0.2) is 36.7 Å². The van der Waals surface area contributed by atoms with Gasteiger partial charge in [-0.05, 0) is 47.8 Å². The Hall–Kier alpha value is -1.40. The second-order valence-corrected chi connectivity index (χ2v) is 6.22. The average molecular weight is 356 g/mol. The Balaban J connectivity index is 2.08. The van der Waals surface area contributed by atoms with Crippen molar-refractivity contribution < 1.29 is 19.4 Å². The summed E-state index contributed by atoms with van der Waals surface area (Å²) in [5, 5.41) is 12.2. The summed E-state index contributed by atoms with van der Waals surface area (Å²) in [7, 11) is 0. The summed E-state index contributed by atoms with van der Waals surface area (Å²) in [5.41, 5.74) is 0.564. The van der Waals surface area contributed by atoms with Gasteiger partial charge in [0.1, 0.15) is 0 Å². The second kappa shape index (κ2) is 6.58. The maximum atomic E-state index is 12.3. The number of carbonyl (C=O) groups excluding carboxylic acids is 1. The van der Waals surface area contributed by atoms with Crippen LogP contribution in [-0.2, 0) is 9.53 Å². The van der Waals surface area contributed by atoms with Crippen LogP contribution in [0.5, 0.6) is 0 Å². The Labute approximate surface area is 131 Å². The van der Waals surface area contributed by atoms with Gasteiger partial charge in [0.25, 0.3) is 5.91 Å². The van der Waals surface area contributed by atoms with Gasteiger partial charge in [-0.2, -0.15) is 0 Å². The Bertz CT molecular complexity index is 553. The molecule has 1 aliphatic rings. The van der Waals surface area contributed by atoms with Crippen LogP contribution < -0.4 is 5.32 Å². The molecule has 1 saturated heterocycles. The summed E-state index contributed by atoms with van der Waals surface area (Å²) >= 11 is 3.34. The van der Waals surface area contributed by atoms with Crippen LogP contribution >= 0.6 is 15.9 Å². The van der Waals surface area contributed by atoms with E-state index in [-0.39, 0.29) is 12.5 Å². The quantitative estimate of drug-likeness (QED) is 0.869. The van der Waals surface area contributed by atoms with E-state index in [0.717, 1.165) is 5.56 Å². The van der Waals surface area contributed by atoms with Crippen molar-refractivity contribution in [2.24, 2.45) is 5.41 Å². The van der Waals surface area contributed by atoms with Crippen molar-refractivity contribution in [3.8, 4) is 0 Å². The lowest BCUT2D eigenvalue weighted by molar-refractivity contribution is -0.154. The third kappa shape index (κ3) is 3.63. The molecule has 0 spiro atoms. The lowest BCUT2D eigenvalue weighted by Crippen LogP contribution is -2.46. The lowest BCUT2D eigenvalue weighted by atomic mass is 9.80. The van der Waals surface area contributed by atoms with Gasteiger partial charge in [-0.15, -0.1) is 0 Å². The summed E-state index contributed by atoms with van der Waals surface area (Å²) in [5.74, 6) is -1.15. The number of rotatable bonds is 4. The molecule has 1 fully saturated rings. The summed E-state index contributed by atoms with van der Waals surface area (Å²) in [6.07, 6.45) is 0.829. The maximum Gasteiger partial charge on any atom is 0.311 e. The van der Waals surface area contributed by atoms with E-state index < -0.39 is 11.4 Å². The van der Waals surface area contributed by atoms with E-state index in [1.165, 1.54) is 0 Å². The van der Waals surface area contributed by atoms with Crippen LogP contribution in [0.1, 0.15) is 28.8 Å². The van der Waals surface area contributed by atoms with Crippen molar-refractivity contribution in [2.45, 2.75) is 19.8 Å². The van der Waals surface area contributed by atoms with Crippen molar-refractivity contribution in [3.05, 3.63) is 33.8 Å². The molecule has 114 valence electrons. The van der Waals surface area contributed by atoms with Crippen molar-refractivity contribution in [3.63, 3.8) is 0 Å². The lowest BCUT2D eigenvalue weighted by Gasteiger charge is -2.33. The highest BCUT2D eigenvalue weighted by atomic mass is 79.9. The normalized spacial score (nSPS) is 17.2. The zero-order valence-electron chi connectivity index (χ0n) is 11.8. The Morgan fingerprint density at radius 3 is 2.67 bits per heavy atom. The average Bonchev–Trinajstić information content (AvgIpc) is 2.48. The SMILES string of the molecule is Cc1ccc(Br)c(C(=O)NCC2(C(=O)O)CCOCC2)c1. The number of carbonyl (C=O) groups is 2. The second-order valence-electron chi connectivity index (χ2n) is 5.36. The van der Waals surface area contributed by atoms with Crippen LogP contribution in [0, 0.1) is 12.3 Å². The van der Waals surface area contributed by atoms with E-state index in [2.05, 4.69) is 21.2 Å². The van der Waals surface area contributed by atoms with Crippen LogP contribution in [0.15, 0.2) is 22.7 Å². The van der Waals surface area contributed by atoms with Crippen LogP contribution in [0.25, 0.3) is 0 Å². The summed E-state index contributed by atoms with van der Waals surface area (Å²) in [6, 6.07) is 5.49. The number of ether oxygens (including phenoxy) is 1. The monoisotopic (exact) mass is 355 g/mol. The first-order valence-corrected chi connectivity index (χ1v) is 7.59. The zero-order valence-corrected chi connectivity index (χ0v) is 13.4. The molecule has 0 radical (unpaired) electrons. The van der Waals surface area contributed by atoms with E-state index in [0.29, 0.717) is 36.1 Å². The highest BCUT2D eigenvalue weighted by Gasteiger charge is 2.40. The number of aryl methyl sites for hydroxylation is 1. The van der Waals surface area contributed by atoms with E-state index in [1.54, 1.807) is 6.07 Å². The smallest absolute Gasteiger partial charge is 0.311 e. The number of aliphatic carboxylic acids is 1. The van der Waals surface area contributed by atoms with Gasteiger partial charge in [0.15, 0.2) is 0 Å². The molecule has 1 aromatic carbocycles. The number of hydrogen-bond donors (Lipinski definition) is 2. The highest BCUT2D eigenvalue weighted by molar-refractivity contribution is 9.10. The molecule has 2 rings (SSSR count). The molecule has 0 aromatic heterocycles. The fourth-order valence-electron chi connectivity index (χ4n) is 2.39. The molecule has 0 aliphatic carbocycles. The first-order chi connectivity index (χ1) is 9.94. The Morgan fingerprint density at radius 2 is 2.05 bits per heavy atom. The number of carboxylic acid groups (broad SMARTS) is 1. The third-order valence-electron chi connectivity index (χ3n) is 3.86. The predicted octanol–water partition coefficient (Wildman–Crippen LogP) is 2.37. The molecular weight excluding hydrogens is 338 g/mol. The summed E-state index contributed by atoms with van der Waals surface area (Å²) < 4.78 is 5.91. The first kappa shape index (κ1) is 16.0. The number of carboxylic acids is 1. The number of amides is 1. The zero-order chi connectivity index (χ0) is 15.5. The number of benzene rings is 1. The molecule has 5 nitrogen and oxygen atoms in total. The number of hydrogen-bond acceptors (Lipinski definition) is 3.